The molecule has 1 aliphatic rings. The Kier molecular flexibility index (Phi) is 5.54. The molecule has 1 aliphatic carbocycles. The van der Waals surface area contributed by atoms with Crippen LogP contribution in [0.25, 0.3) is 0 Å². The molecule has 0 amide bonds. The number of aromatic nitrogens is 2. The lowest BCUT2D eigenvalue weighted by atomic mass is 9.95. The van der Waals surface area contributed by atoms with Gasteiger partial charge in [0, 0.05) is 26.3 Å². The Hall–Kier alpha value is -1.20. The van der Waals surface area contributed by atoms with Crippen LogP contribution in [0.1, 0.15) is 38.3 Å². The topological polar surface area (TPSA) is 56.3 Å². The Morgan fingerprint density at radius 2 is 2.16 bits per heavy atom. The van der Waals surface area contributed by atoms with Gasteiger partial charge >= 0.3 is 0 Å². The average Bonchev–Trinajstić information content (AvgIpc) is 2.46. The van der Waals surface area contributed by atoms with E-state index in [9.17, 15) is 0 Å². The first-order valence-corrected chi connectivity index (χ1v) is 7.03. The molecule has 2 unspecified atom stereocenters. The molecule has 5 heteroatoms. The van der Waals surface area contributed by atoms with Crippen molar-refractivity contribution in [3.05, 3.63) is 18.1 Å². The Labute approximate surface area is 114 Å². The van der Waals surface area contributed by atoms with Crippen molar-refractivity contribution >= 4 is 0 Å². The van der Waals surface area contributed by atoms with Crippen LogP contribution in [0.15, 0.2) is 12.4 Å². The van der Waals surface area contributed by atoms with Crippen molar-refractivity contribution in [1.29, 1.82) is 0 Å². The Morgan fingerprint density at radius 3 is 2.95 bits per heavy atom. The van der Waals surface area contributed by atoms with E-state index < -0.39 is 0 Å². The zero-order chi connectivity index (χ0) is 13.5. The minimum Gasteiger partial charge on any atom is -0.473 e. The van der Waals surface area contributed by atoms with Crippen LogP contribution >= 0.6 is 0 Å². The highest BCUT2D eigenvalue weighted by Gasteiger charge is 2.23. The molecule has 1 aromatic rings. The molecular formula is C14H23N3O2. The van der Waals surface area contributed by atoms with Crippen LogP contribution in [-0.4, -0.2) is 35.8 Å². The van der Waals surface area contributed by atoms with Crippen LogP contribution in [0, 0.1) is 0 Å². The Balaban J connectivity index is 1.90. The fourth-order valence-corrected chi connectivity index (χ4v) is 2.38. The third kappa shape index (κ3) is 4.44. The molecule has 1 fully saturated rings. The number of ether oxygens (including phenoxy) is 2. The minimum absolute atomic E-state index is 0.197. The summed E-state index contributed by atoms with van der Waals surface area (Å²) in [5, 5.41) is 3.23. The molecule has 2 rings (SSSR count). The molecule has 5 nitrogen and oxygen atoms in total. The molecular weight excluding hydrogens is 242 g/mol. The molecule has 0 saturated heterocycles. The van der Waals surface area contributed by atoms with Crippen LogP contribution in [0.4, 0.5) is 0 Å². The van der Waals surface area contributed by atoms with Gasteiger partial charge < -0.3 is 14.8 Å². The van der Waals surface area contributed by atoms with E-state index >= 15 is 0 Å². The molecule has 19 heavy (non-hydrogen) atoms. The minimum atomic E-state index is 0.197. The molecule has 0 spiro atoms. The zero-order valence-electron chi connectivity index (χ0n) is 11.8. The van der Waals surface area contributed by atoms with Crippen molar-refractivity contribution in [2.45, 2.75) is 51.4 Å². The highest BCUT2D eigenvalue weighted by Crippen LogP contribution is 2.24. The highest BCUT2D eigenvalue weighted by molar-refractivity contribution is 5.09. The van der Waals surface area contributed by atoms with E-state index in [2.05, 4.69) is 22.2 Å². The summed E-state index contributed by atoms with van der Waals surface area (Å²) in [7, 11) is 1.77. The fraction of sp³-hybridized carbons (Fsp3) is 0.714. The number of hydrogen-bond acceptors (Lipinski definition) is 5. The van der Waals surface area contributed by atoms with E-state index in [1.54, 1.807) is 19.5 Å². The van der Waals surface area contributed by atoms with Gasteiger partial charge in [0.05, 0.1) is 18.0 Å². The largest absolute Gasteiger partial charge is 0.473 e. The van der Waals surface area contributed by atoms with Gasteiger partial charge in [0.2, 0.25) is 5.88 Å². The van der Waals surface area contributed by atoms with Gasteiger partial charge in [-0.05, 0) is 25.8 Å². The van der Waals surface area contributed by atoms with Crippen molar-refractivity contribution in [3.63, 3.8) is 0 Å². The van der Waals surface area contributed by atoms with E-state index in [1.807, 2.05) is 0 Å². The van der Waals surface area contributed by atoms with Gasteiger partial charge in [-0.15, -0.1) is 0 Å². The van der Waals surface area contributed by atoms with Crippen LogP contribution < -0.4 is 10.1 Å². The SMILES string of the molecule is CCNCc1cncc(OC2CCCC(OC)C2)n1. The predicted octanol–water partition coefficient (Wildman–Crippen LogP) is 1.92. The quantitative estimate of drug-likeness (QED) is 0.851. The maximum Gasteiger partial charge on any atom is 0.232 e. The summed E-state index contributed by atoms with van der Waals surface area (Å²) in [4.78, 5) is 8.65. The summed E-state index contributed by atoms with van der Waals surface area (Å²) in [5.74, 6) is 0.622. The number of nitrogens with one attached hydrogen (secondary N) is 1. The molecule has 106 valence electrons. The monoisotopic (exact) mass is 265 g/mol. The van der Waals surface area contributed by atoms with Gasteiger partial charge in [0.1, 0.15) is 6.10 Å². The summed E-state index contributed by atoms with van der Waals surface area (Å²) in [6.45, 7) is 3.72. The van der Waals surface area contributed by atoms with Gasteiger partial charge in [-0.25, -0.2) is 4.98 Å². The molecule has 0 aromatic carbocycles. The lowest BCUT2D eigenvalue weighted by molar-refractivity contribution is 0.0193. The van der Waals surface area contributed by atoms with E-state index in [4.69, 9.17) is 9.47 Å². The molecule has 2 atom stereocenters. The maximum atomic E-state index is 5.93. The summed E-state index contributed by atoms with van der Waals surface area (Å²) in [5.41, 5.74) is 0.915. The van der Waals surface area contributed by atoms with Gasteiger partial charge in [-0.2, -0.15) is 0 Å². The summed E-state index contributed by atoms with van der Waals surface area (Å²) in [6, 6.07) is 0. The van der Waals surface area contributed by atoms with E-state index in [0.717, 1.165) is 44.5 Å². The number of nitrogens with zero attached hydrogens (tertiary/aromatic N) is 2. The normalized spacial score (nSPS) is 23.3. The van der Waals surface area contributed by atoms with Crippen molar-refractivity contribution in [2.75, 3.05) is 13.7 Å². The third-order valence-corrected chi connectivity index (χ3v) is 3.42. The number of hydrogen-bond donors (Lipinski definition) is 1. The van der Waals surface area contributed by atoms with Gasteiger partial charge in [-0.1, -0.05) is 6.92 Å². The van der Waals surface area contributed by atoms with Crippen molar-refractivity contribution in [3.8, 4) is 5.88 Å². The van der Waals surface area contributed by atoms with Crippen LogP contribution in [-0.2, 0) is 11.3 Å². The molecule has 0 radical (unpaired) electrons. The first-order valence-electron chi connectivity index (χ1n) is 7.03. The van der Waals surface area contributed by atoms with E-state index in [1.165, 1.54) is 0 Å². The van der Waals surface area contributed by atoms with Crippen LogP contribution in [0.2, 0.25) is 0 Å². The molecule has 0 aliphatic heterocycles. The molecule has 1 heterocycles. The Morgan fingerprint density at radius 1 is 1.32 bits per heavy atom. The summed E-state index contributed by atoms with van der Waals surface area (Å²) in [6.07, 6.45) is 8.25. The van der Waals surface area contributed by atoms with Gasteiger partial charge in [0.15, 0.2) is 0 Å². The second-order valence-electron chi connectivity index (χ2n) is 4.89. The van der Waals surface area contributed by atoms with E-state index in [0.29, 0.717) is 12.0 Å². The first kappa shape index (κ1) is 14.2. The molecule has 1 saturated carbocycles. The molecule has 0 bridgehead atoms. The van der Waals surface area contributed by atoms with Gasteiger partial charge in [0.25, 0.3) is 0 Å². The predicted molar refractivity (Wildman–Crippen MR) is 73.1 cm³/mol. The van der Waals surface area contributed by atoms with Crippen molar-refractivity contribution in [2.24, 2.45) is 0 Å². The Bertz CT molecular complexity index is 387. The standard InChI is InChI=1S/C14H23N3O2/c1-3-15-8-11-9-16-10-14(17-11)19-13-6-4-5-12(7-13)18-2/h9-10,12-13,15H,3-8H2,1-2H3. The lowest BCUT2D eigenvalue weighted by Crippen LogP contribution is -2.29. The summed E-state index contributed by atoms with van der Waals surface area (Å²) < 4.78 is 11.3. The maximum absolute atomic E-state index is 5.93. The van der Waals surface area contributed by atoms with Crippen LogP contribution in [0.5, 0.6) is 5.88 Å². The highest BCUT2D eigenvalue weighted by atomic mass is 16.5. The van der Waals surface area contributed by atoms with Crippen molar-refractivity contribution in [1.82, 2.24) is 15.3 Å². The van der Waals surface area contributed by atoms with Crippen LogP contribution in [0.3, 0.4) is 0 Å². The number of rotatable bonds is 6. The van der Waals surface area contributed by atoms with E-state index in [-0.39, 0.29) is 6.10 Å². The molecule has 1 N–H and O–H groups in total. The average molecular weight is 265 g/mol. The summed E-state index contributed by atoms with van der Waals surface area (Å²) >= 11 is 0. The molecule has 1 aromatic heterocycles. The second-order valence-corrected chi connectivity index (χ2v) is 4.89. The second kappa shape index (κ2) is 7.40. The zero-order valence-corrected chi connectivity index (χ0v) is 11.8. The number of methoxy groups -OCH3 is 1. The smallest absolute Gasteiger partial charge is 0.232 e. The fourth-order valence-electron chi connectivity index (χ4n) is 2.38. The first-order chi connectivity index (χ1) is 9.31. The lowest BCUT2D eigenvalue weighted by Gasteiger charge is -2.28. The van der Waals surface area contributed by atoms with Crippen molar-refractivity contribution < 1.29 is 9.47 Å². The third-order valence-electron chi connectivity index (χ3n) is 3.42. The van der Waals surface area contributed by atoms with Gasteiger partial charge in [-0.3, -0.25) is 4.98 Å².